The molecule has 118 valence electrons. The molecule has 0 bridgehead atoms. The number of benzene rings is 1. The van der Waals surface area contributed by atoms with E-state index in [1.165, 1.54) is 0 Å². The molecule has 0 aliphatic heterocycles. The number of guanidine groups is 1. The Kier molecular flexibility index (Phi) is 6.17. The second-order valence-electron chi connectivity index (χ2n) is 5.58. The predicted molar refractivity (Wildman–Crippen MR) is 85.9 cm³/mol. The van der Waals surface area contributed by atoms with Gasteiger partial charge in [-0.1, -0.05) is 18.2 Å². The van der Waals surface area contributed by atoms with E-state index in [-0.39, 0.29) is 17.0 Å². The molecular weight excluding hydrogens is 288 g/mol. The quantitative estimate of drug-likeness (QED) is 0.429. The molecule has 0 heterocycles. The Morgan fingerprint density at radius 1 is 1.14 bits per heavy atom. The fraction of sp³-hybridized carbons (Fsp3) is 0.500. The lowest BCUT2D eigenvalue weighted by atomic mass is 10.1. The zero-order valence-electron chi connectivity index (χ0n) is 13.0. The summed E-state index contributed by atoms with van der Waals surface area (Å²) in [6.07, 6.45) is 0. The first kappa shape index (κ1) is 17.5. The van der Waals surface area contributed by atoms with Crippen molar-refractivity contribution in [3.8, 4) is 0 Å². The lowest BCUT2D eigenvalue weighted by Crippen LogP contribution is -2.49. The molecule has 21 heavy (non-hydrogen) atoms. The van der Waals surface area contributed by atoms with Crippen LogP contribution in [0.2, 0.25) is 0 Å². The number of hydrogen-bond acceptors (Lipinski definition) is 3. The molecule has 0 spiro atoms. The van der Waals surface area contributed by atoms with Crippen LogP contribution < -0.4 is 15.4 Å². The molecule has 0 fully saturated rings. The van der Waals surface area contributed by atoms with Crippen molar-refractivity contribution in [2.75, 3.05) is 20.1 Å². The average Bonchev–Trinajstić information content (AvgIpc) is 2.42. The van der Waals surface area contributed by atoms with E-state index in [0.29, 0.717) is 12.5 Å². The highest BCUT2D eigenvalue weighted by Gasteiger charge is 2.13. The van der Waals surface area contributed by atoms with Crippen molar-refractivity contribution in [1.29, 1.82) is 0 Å². The molecule has 1 aromatic rings. The third-order valence-electron chi connectivity index (χ3n) is 2.48. The summed E-state index contributed by atoms with van der Waals surface area (Å²) < 4.78 is 26.5. The maximum Gasteiger partial charge on any atom is 0.240 e. The Bertz CT molecular complexity index is 562. The minimum Gasteiger partial charge on any atom is -0.355 e. The summed E-state index contributed by atoms with van der Waals surface area (Å²) in [5, 5.41) is 6.26. The number of rotatable bonds is 5. The monoisotopic (exact) mass is 312 g/mol. The highest BCUT2D eigenvalue weighted by molar-refractivity contribution is 7.89. The van der Waals surface area contributed by atoms with Crippen LogP contribution in [0.1, 0.15) is 20.8 Å². The number of nitrogens with zero attached hydrogens (tertiary/aromatic N) is 1. The van der Waals surface area contributed by atoms with Crippen molar-refractivity contribution < 1.29 is 8.42 Å². The van der Waals surface area contributed by atoms with E-state index in [2.05, 4.69) is 20.3 Å². The first-order valence-corrected chi connectivity index (χ1v) is 8.26. The topological polar surface area (TPSA) is 82.6 Å². The Morgan fingerprint density at radius 2 is 1.76 bits per heavy atom. The van der Waals surface area contributed by atoms with Crippen molar-refractivity contribution in [2.45, 2.75) is 31.2 Å². The van der Waals surface area contributed by atoms with Gasteiger partial charge in [0.2, 0.25) is 10.0 Å². The van der Waals surface area contributed by atoms with Gasteiger partial charge in [-0.2, -0.15) is 0 Å². The summed E-state index contributed by atoms with van der Waals surface area (Å²) in [6, 6.07) is 8.30. The first-order chi connectivity index (χ1) is 9.74. The van der Waals surface area contributed by atoms with Crippen LogP contribution in [-0.4, -0.2) is 40.1 Å². The molecule has 1 rings (SSSR count). The van der Waals surface area contributed by atoms with Crippen LogP contribution in [0.15, 0.2) is 40.2 Å². The van der Waals surface area contributed by atoms with Crippen LogP contribution in [-0.2, 0) is 10.0 Å². The summed E-state index contributed by atoms with van der Waals surface area (Å²) in [7, 11) is -1.77. The lowest BCUT2D eigenvalue weighted by molar-refractivity contribution is 0.501. The third kappa shape index (κ3) is 6.59. The number of aliphatic imine (C=N–C) groups is 1. The maximum absolute atomic E-state index is 12.0. The van der Waals surface area contributed by atoms with E-state index in [1.807, 2.05) is 20.8 Å². The van der Waals surface area contributed by atoms with Crippen LogP contribution >= 0.6 is 0 Å². The summed E-state index contributed by atoms with van der Waals surface area (Å²) in [4.78, 5) is 4.35. The van der Waals surface area contributed by atoms with Crippen LogP contribution in [0.3, 0.4) is 0 Å². The second-order valence-corrected chi connectivity index (χ2v) is 7.35. The van der Waals surface area contributed by atoms with Gasteiger partial charge in [0.1, 0.15) is 0 Å². The standard InChI is InChI=1S/C14H24N4O2S/c1-14(2,3)18-13(15-4)16-10-11-17-21(19,20)12-8-6-5-7-9-12/h5-9,17H,10-11H2,1-4H3,(H2,15,16,18). The largest absolute Gasteiger partial charge is 0.355 e. The summed E-state index contributed by atoms with van der Waals surface area (Å²) in [6.45, 7) is 6.80. The average molecular weight is 312 g/mol. The first-order valence-electron chi connectivity index (χ1n) is 6.78. The van der Waals surface area contributed by atoms with Gasteiger partial charge in [-0.3, -0.25) is 4.99 Å². The molecule has 0 radical (unpaired) electrons. The Morgan fingerprint density at radius 3 is 2.29 bits per heavy atom. The molecule has 3 N–H and O–H groups in total. The Balaban J connectivity index is 2.44. The molecule has 0 saturated heterocycles. The van der Waals surface area contributed by atoms with Crippen molar-refractivity contribution in [1.82, 2.24) is 15.4 Å². The van der Waals surface area contributed by atoms with Crippen LogP contribution in [0, 0.1) is 0 Å². The van der Waals surface area contributed by atoms with Gasteiger partial charge in [0.25, 0.3) is 0 Å². The zero-order chi connectivity index (χ0) is 15.9. The van der Waals surface area contributed by atoms with Gasteiger partial charge in [-0.25, -0.2) is 13.1 Å². The molecule has 1 aromatic carbocycles. The summed E-state index contributed by atoms with van der Waals surface area (Å²) in [5.74, 6) is 0.640. The van der Waals surface area contributed by atoms with Gasteiger partial charge in [-0.15, -0.1) is 0 Å². The van der Waals surface area contributed by atoms with Crippen molar-refractivity contribution in [2.24, 2.45) is 4.99 Å². The molecule has 0 aromatic heterocycles. The molecule has 0 aliphatic rings. The fourth-order valence-electron chi connectivity index (χ4n) is 1.58. The predicted octanol–water partition coefficient (Wildman–Crippen LogP) is 0.928. The normalized spacial score (nSPS) is 13.0. The van der Waals surface area contributed by atoms with Crippen LogP contribution in [0.5, 0.6) is 0 Å². The van der Waals surface area contributed by atoms with Gasteiger partial charge in [-0.05, 0) is 32.9 Å². The minimum atomic E-state index is -3.45. The molecule has 0 atom stereocenters. The van der Waals surface area contributed by atoms with E-state index >= 15 is 0 Å². The van der Waals surface area contributed by atoms with Gasteiger partial charge in [0.15, 0.2) is 5.96 Å². The van der Waals surface area contributed by atoms with Gasteiger partial charge in [0.05, 0.1) is 4.90 Å². The molecule has 0 unspecified atom stereocenters. The van der Waals surface area contributed by atoms with E-state index in [1.54, 1.807) is 37.4 Å². The van der Waals surface area contributed by atoms with Crippen molar-refractivity contribution in [3.05, 3.63) is 30.3 Å². The third-order valence-corrected chi connectivity index (χ3v) is 3.96. The smallest absolute Gasteiger partial charge is 0.240 e. The highest BCUT2D eigenvalue weighted by Crippen LogP contribution is 2.06. The fourth-order valence-corrected chi connectivity index (χ4v) is 2.64. The van der Waals surface area contributed by atoms with Gasteiger partial charge >= 0.3 is 0 Å². The molecular formula is C14H24N4O2S. The van der Waals surface area contributed by atoms with Crippen LogP contribution in [0.4, 0.5) is 0 Å². The van der Waals surface area contributed by atoms with Crippen molar-refractivity contribution in [3.63, 3.8) is 0 Å². The SMILES string of the molecule is CN=C(NCCNS(=O)(=O)c1ccccc1)NC(C)(C)C. The lowest BCUT2D eigenvalue weighted by Gasteiger charge is -2.23. The van der Waals surface area contributed by atoms with E-state index in [4.69, 9.17) is 0 Å². The molecule has 7 heteroatoms. The molecule has 6 nitrogen and oxygen atoms in total. The van der Waals surface area contributed by atoms with E-state index < -0.39 is 10.0 Å². The number of hydrogen-bond donors (Lipinski definition) is 3. The number of nitrogens with one attached hydrogen (secondary N) is 3. The highest BCUT2D eigenvalue weighted by atomic mass is 32.2. The maximum atomic E-state index is 12.0. The summed E-state index contributed by atoms with van der Waals surface area (Å²) in [5.41, 5.74) is -0.106. The molecule has 0 aliphatic carbocycles. The zero-order valence-corrected chi connectivity index (χ0v) is 13.8. The van der Waals surface area contributed by atoms with Gasteiger partial charge in [0, 0.05) is 25.7 Å². The second kappa shape index (κ2) is 7.42. The number of sulfonamides is 1. The van der Waals surface area contributed by atoms with E-state index in [9.17, 15) is 8.42 Å². The van der Waals surface area contributed by atoms with Gasteiger partial charge < -0.3 is 10.6 Å². The Hall–Kier alpha value is -1.60. The summed E-state index contributed by atoms with van der Waals surface area (Å²) >= 11 is 0. The minimum absolute atomic E-state index is 0.106. The molecule has 0 saturated carbocycles. The van der Waals surface area contributed by atoms with Crippen molar-refractivity contribution >= 4 is 16.0 Å². The van der Waals surface area contributed by atoms with E-state index in [0.717, 1.165) is 0 Å². The molecule has 0 amide bonds. The van der Waals surface area contributed by atoms with Crippen LogP contribution in [0.25, 0.3) is 0 Å². The Labute approximate surface area is 127 Å².